The second-order valence-electron chi connectivity index (χ2n) is 7.46. The summed E-state index contributed by atoms with van der Waals surface area (Å²) in [5.41, 5.74) is 1.12. The summed E-state index contributed by atoms with van der Waals surface area (Å²) in [6, 6.07) is 13.3. The highest BCUT2D eigenvalue weighted by Gasteiger charge is 2.33. The van der Waals surface area contributed by atoms with Gasteiger partial charge >= 0.3 is 0 Å². The van der Waals surface area contributed by atoms with Gasteiger partial charge in [0.25, 0.3) is 0 Å². The average molecular weight is 467 g/mol. The lowest BCUT2D eigenvalue weighted by molar-refractivity contribution is 0.273. The normalized spacial score (nSPS) is 16.3. The van der Waals surface area contributed by atoms with Crippen molar-refractivity contribution in [3.8, 4) is 5.75 Å². The van der Waals surface area contributed by atoms with E-state index in [0.29, 0.717) is 12.4 Å². The summed E-state index contributed by atoms with van der Waals surface area (Å²) in [6.45, 7) is 4.96. The molecule has 0 N–H and O–H groups in total. The predicted octanol–water partition coefficient (Wildman–Crippen LogP) is 3.12. The molecule has 1 aliphatic heterocycles. The first-order valence-corrected chi connectivity index (χ1v) is 13.5. The zero-order chi connectivity index (χ0) is 22.5. The van der Waals surface area contributed by atoms with Gasteiger partial charge in [-0.25, -0.2) is 16.8 Å². The molecule has 31 heavy (non-hydrogen) atoms. The van der Waals surface area contributed by atoms with Crippen LogP contribution in [0.1, 0.15) is 32.3 Å². The van der Waals surface area contributed by atoms with E-state index >= 15 is 0 Å². The van der Waals surface area contributed by atoms with E-state index in [4.69, 9.17) is 4.74 Å². The van der Waals surface area contributed by atoms with Crippen molar-refractivity contribution in [3.63, 3.8) is 0 Å². The number of rotatable bonds is 9. The number of hydrogen-bond acceptors (Lipinski definition) is 5. The van der Waals surface area contributed by atoms with E-state index in [-0.39, 0.29) is 36.0 Å². The molecule has 1 fully saturated rings. The maximum Gasteiger partial charge on any atom is 0.243 e. The highest BCUT2D eigenvalue weighted by atomic mass is 32.2. The average Bonchev–Trinajstić information content (AvgIpc) is 2.78. The summed E-state index contributed by atoms with van der Waals surface area (Å²) in [5.74, 6) is 0.609. The number of nitrogens with zero attached hydrogens (tertiary/aromatic N) is 2. The Hall–Kier alpha value is -1.94. The first-order chi connectivity index (χ1) is 14.8. The van der Waals surface area contributed by atoms with Gasteiger partial charge in [-0.2, -0.15) is 8.61 Å². The fourth-order valence-corrected chi connectivity index (χ4v) is 6.38. The van der Waals surface area contributed by atoms with Crippen LogP contribution in [-0.2, 0) is 26.5 Å². The van der Waals surface area contributed by atoms with Gasteiger partial charge in [0.2, 0.25) is 20.0 Å². The van der Waals surface area contributed by atoms with Crippen molar-refractivity contribution in [2.75, 3.05) is 32.8 Å². The zero-order valence-corrected chi connectivity index (χ0v) is 19.7. The van der Waals surface area contributed by atoms with Crippen LogP contribution in [0.2, 0.25) is 0 Å². The third kappa shape index (κ3) is 5.46. The Morgan fingerprint density at radius 3 is 1.61 bits per heavy atom. The van der Waals surface area contributed by atoms with E-state index in [2.05, 4.69) is 6.92 Å². The molecule has 0 atom stereocenters. The molecule has 0 unspecified atom stereocenters. The molecule has 0 bridgehead atoms. The largest absolute Gasteiger partial charge is 0.494 e. The van der Waals surface area contributed by atoms with E-state index < -0.39 is 20.0 Å². The summed E-state index contributed by atoms with van der Waals surface area (Å²) in [4.78, 5) is 0.422. The van der Waals surface area contributed by atoms with Crippen molar-refractivity contribution in [1.82, 2.24) is 8.61 Å². The van der Waals surface area contributed by atoms with Crippen LogP contribution < -0.4 is 4.74 Å². The van der Waals surface area contributed by atoms with Crippen LogP contribution in [0.5, 0.6) is 5.75 Å². The lowest BCUT2D eigenvalue weighted by Gasteiger charge is -2.33. The fourth-order valence-electron chi connectivity index (χ4n) is 3.53. The number of aryl methyl sites for hydroxylation is 1. The third-order valence-corrected chi connectivity index (χ3v) is 9.18. The fraction of sp³-hybridized carbons (Fsp3) is 0.455. The molecule has 2 aromatic rings. The molecule has 1 saturated heterocycles. The molecule has 0 aromatic heterocycles. The molecule has 0 spiro atoms. The van der Waals surface area contributed by atoms with E-state index in [9.17, 15) is 16.8 Å². The summed E-state index contributed by atoms with van der Waals surface area (Å²) in [5, 5.41) is 0. The number of piperazine rings is 1. The van der Waals surface area contributed by atoms with Gasteiger partial charge in [0.15, 0.2) is 0 Å². The molecule has 2 aromatic carbocycles. The molecule has 0 radical (unpaired) electrons. The number of benzene rings is 2. The molecule has 0 saturated carbocycles. The van der Waals surface area contributed by atoms with Gasteiger partial charge < -0.3 is 4.74 Å². The van der Waals surface area contributed by atoms with E-state index in [1.165, 1.54) is 20.7 Å². The topological polar surface area (TPSA) is 84.0 Å². The third-order valence-electron chi connectivity index (χ3n) is 5.35. The van der Waals surface area contributed by atoms with Gasteiger partial charge in [-0.15, -0.1) is 0 Å². The van der Waals surface area contributed by atoms with Crippen molar-refractivity contribution in [2.45, 2.75) is 42.9 Å². The van der Waals surface area contributed by atoms with Gasteiger partial charge in [0.05, 0.1) is 16.4 Å². The maximum atomic E-state index is 13.0. The minimum atomic E-state index is -3.69. The summed E-state index contributed by atoms with van der Waals surface area (Å²) in [7, 11) is -7.34. The molecule has 0 aliphatic carbocycles. The molecule has 170 valence electrons. The van der Waals surface area contributed by atoms with Gasteiger partial charge in [-0.3, -0.25) is 0 Å². The Morgan fingerprint density at radius 1 is 0.742 bits per heavy atom. The van der Waals surface area contributed by atoms with E-state index in [1.807, 2.05) is 19.1 Å². The highest BCUT2D eigenvalue weighted by Crippen LogP contribution is 2.23. The predicted molar refractivity (Wildman–Crippen MR) is 120 cm³/mol. The second kappa shape index (κ2) is 10.1. The lowest BCUT2D eigenvalue weighted by atomic mass is 10.1. The summed E-state index contributed by atoms with van der Waals surface area (Å²) >= 11 is 0. The van der Waals surface area contributed by atoms with Gasteiger partial charge in [-0.05, 0) is 61.7 Å². The Morgan fingerprint density at radius 2 is 1.19 bits per heavy atom. The van der Waals surface area contributed by atoms with Crippen LogP contribution in [0.15, 0.2) is 58.3 Å². The molecule has 1 heterocycles. The van der Waals surface area contributed by atoms with Crippen molar-refractivity contribution in [2.24, 2.45) is 0 Å². The highest BCUT2D eigenvalue weighted by molar-refractivity contribution is 7.89. The van der Waals surface area contributed by atoms with Crippen molar-refractivity contribution < 1.29 is 21.6 Å². The Bertz CT molecular complexity index is 1060. The quantitative estimate of drug-likeness (QED) is 0.567. The smallest absolute Gasteiger partial charge is 0.243 e. The van der Waals surface area contributed by atoms with Gasteiger partial charge in [-0.1, -0.05) is 25.5 Å². The maximum absolute atomic E-state index is 13.0. The zero-order valence-electron chi connectivity index (χ0n) is 18.0. The molecule has 1 aliphatic rings. The SMILES string of the molecule is CCCCc1ccc(S(=O)(=O)N2CCN(S(=O)(=O)c3ccc(OCC)cc3)CC2)cc1. The Kier molecular flexibility index (Phi) is 7.74. The number of hydrogen-bond donors (Lipinski definition) is 0. The number of ether oxygens (including phenoxy) is 1. The second-order valence-corrected chi connectivity index (χ2v) is 11.3. The monoisotopic (exact) mass is 466 g/mol. The van der Waals surface area contributed by atoms with Crippen LogP contribution >= 0.6 is 0 Å². The molecular formula is C22H30N2O5S2. The van der Waals surface area contributed by atoms with E-state index in [0.717, 1.165) is 24.8 Å². The molecule has 0 amide bonds. The van der Waals surface area contributed by atoms with Crippen LogP contribution in [0, 0.1) is 0 Å². The molecular weight excluding hydrogens is 436 g/mol. The molecule has 3 rings (SSSR count). The van der Waals surface area contributed by atoms with Crippen LogP contribution in [0.25, 0.3) is 0 Å². The van der Waals surface area contributed by atoms with Crippen LogP contribution in [-0.4, -0.2) is 58.2 Å². The minimum absolute atomic E-state index is 0.114. The molecule has 9 heteroatoms. The molecule has 7 nitrogen and oxygen atoms in total. The van der Waals surface area contributed by atoms with Gasteiger partial charge in [0, 0.05) is 26.2 Å². The Labute approximate surface area is 185 Å². The number of sulfonamides is 2. The Balaban J connectivity index is 1.66. The van der Waals surface area contributed by atoms with Crippen LogP contribution in [0.4, 0.5) is 0 Å². The number of unbranched alkanes of at least 4 members (excludes halogenated alkanes) is 1. The first-order valence-electron chi connectivity index (χ1n) is 10.6. The standard InChI is InChI=1S/C22H30N2O5S2/c1-3-5-6-19-7-11-21(12-8-19)30(25,26)23-15-17-24(18-16-23)31(27,28)22-13-9-20(10-14-22)29-4-2/h7-14H,3-6,15-18H2,1-2H3. The summed E-state index contributed by atoms with van der Waals surface area (Å²) in [6.07, 6.45) is 3.08. The van der Waals surface area contributed by atoms with Crippen LogP contribution in [0.3, 0.4) is 0 Å². The van der Waals surface area contributed by atoms with E-state index in [1.54, 1.807) is 24.3 Å². The van der Waals surface area contributed by atoms with Crippen molar-refractivity contribution >= 4 is 20.0 Å². The first kappa shape index (κ1) is 23.7. The minimum Gasteiger partial charge on any atom is -0.494 e. The summed E-state index contributed by atoms with van der Waals surface area (Å²) < 4.78 is 59.9. The lowest BCUT2D eigenvalue weighted by Crippen LogP contribution is -2.50. The van der Waals surface area contributed by atoms with Crippen molar-refractivity contribution in [1.29, 1.82) is 0 Å². The van der Waals surface area contributed by atoms with Crippen molar-refractivity contribution in [3.05, 3.63) is 54.1 Å². The van der Waals surface area contributed by atoms with Gasteiger partial charge in [0.1, 0.15) is 5.75 Å².